The van der Waals surface area contributed by atoms with E-state index < -0.39 is 47.9 Å². The van der Waals surface area contributed by atoms with Gasteiger partial charge in [0.05, 0.1) is 6.04 Å². The number of aliphatic carboxylic acids is 1. The summed E-state index contributed by atoms with van der Waals surface area (Å²) in [5, 5.41) is 17.0. The van der Waals surface area contributed by atoms with Gasteiger partial charge in [-0.15, -0.1) is 0 Å². The first-order valence-electron chi connectivity index (χ1n) is 9.82. The summed E-state index contributed by atoms with van der Waals surface area (Å²) in [6.07, 6.45) is 0.354. The number of rotatable bonds is 12. The number of carbonyl (C=O) groups is 4. The lowest BCUT2D eigenvalue weighted by Crippen LogP contribution is -2.59. The van der Waals surface area contributed by atoms with Crippen molar-refractivity contribution in [1.82, 2.24) is 16.0 Å². The van der Waals surface area contributed by atoms with E-state index >= 15 is 0 Å². The Morgan fingerprint density at radius 1 is 0.828 bits per heavy atom. The van der Waals surface area contributed by atoms with Gasteiger partial charge in [0.25, 0.3) is 0 Å². The Hall–Kier alpha value is -1.81. The molecule has 0 radical (unpaired) electrons. The quantitative estimate of drug-likeness (QED) is 0.241. The van der Waals surface area contributed by atoms with E-state index in [4.69, 9.17) is 5.73 Å². The van der Waals surface area contributed by atoms with E-state index in [1.165, 1.54) is 0 Å². The molecule has 0 spiro atoms. The van der Waals surface area contributed by atoms with E-state index in [9.17, 15) is 24.3 Å². The van der Waals surface area contributed by atoms with Gasteiger partial charge in [-0.05, 0) is 24.2 Å². The van der Waals surface area contributed by atoms with Crippen LogP contribution in [0.2, 0.25) is 0 Å². The van der Waals surface area contributed by atoms with Gasteiger partial charge in [0, 0.05) is 5.75 Å². The average Bonchev–Trinajstić information content (AvgIpc) is 2.60. The van der Waals surface area contributed by atoms with Crippen LogP contribution in [0.3, 0.4) is 0 Å². The number of carboxylic acid groups (broad SMARTS) is 1. The standard InChI is InChI=1S/C19H36N4O5S/c1-9(2)7-13(21-16(24)12(20)8-29)17(25)22-14(10(3)4)18(26)23-15(11(5)6)19(27)28/h9-15,29H,7-8,20H2,1-6H3,(H,21,24)(H,22,25)(H,23,26)(H,27,28)/t12-,13-,14-,15-/m0/s1. The molecule has 0 rings (SSSR count). The smallest absolute Gasteiger partial charge is 0.326 e. The molecule has 0 fully saturated rings. The van der Waals surface area contributed by atoms with Crippen LogP contribution in [-0.4, -0.2) is 58.7 Å². The lowest BCUT2D eigenvalue weighted by molar-refractivity contribution is -0.143. The minimum Gasteiger partial charge on any atom is -0.480 e. The number of hydrogen-bond donors (Lipinski definition) is 6. The van der Waals surface area contributed by atoms with E-state index in [2.05, 4.69) is 28.6 Å². The van der Waals surface area contributed by atoms with Crippen LogP contribution in [0.15, 0.2) is 0 Å². The van der Waals surface area contributed by atoms with Crippen molar-refractivity contribution in [3.63, 3.8) is 0 Å². The minimum atomic E-state index is -1.15. The molecule has 0 aliphatic carbocycles. The van der Waals surface area contributed by atoms with Crippen LogP contribution in [0.4, 0.5) is 0 Å². The monoisotopic (exact) mass is 432 g/mol. The zero-order valence-electron chi connectivity index (χ0n) is 18.1. The Morgan fingerprint density at radius 2 is 1.31 bits per heavy atom. The SMILES string of the molecule is CC(C)C[C@H](NC(=O)[C@@H](N)CS)C(=O)N[C@H](C(=O)N[C@H](C(=O)O)C(C)C)C(C)C. The second-order valence-corrected chi connectivity index (χ2v) is 8.64. The summed E-state index contributed by atoms with van der Waals surface area (Å²) in [6.45, 7) is 10.6. The van der Waals surface area contributed by atoms with Crippen LogP contribution in [-0.2, 0) is 19.2 Å². The number of thiol groups is 1. The maximum Gasteiger partial charge on any atom is 0.326 e. The van der Waals surface area contributed by atoms with E-state index in [0.717, 1.165) is 0 Å². The zero-order chi connectivity index (χ0) is 22.9. The molecular formula is C19H36N4O5S. The molecule has 168 valence electrons. The van der Waals surface area contributed by atoms with Crippen molar-refractivity contribution in [1.29, 1.82) is 0 Å². The van der Waals surface area contributed by atoms with E-state index in [1.54, 1.807) is 27.7 Å². The second kappa shape index (κ2) is 12.7. The summed E-state index contributed by atoms with van der Waals surface area (Å²) in [5.41, 5.74) is 5.67. The van der Waals surface area contributed by atoms with Gasteiger partial charge in [0.1, 0.15) is 18.1 Å². The average molecular weight is 433 g/mol. The Kier molecular flexibility index (Phi) is 11.9. The Labute approximate surface area is 178 Å². The normalized spacial score (nSPS) is 15.6. The summed E-state index contributed by atoms with van der Waals surface area (Å²) in [6, 6.07) is -3.75. The molecule has 0 aliphatic rings. The third-order valence-electron chi connectivity index (χ3n) is 4.35. The van der Waals surface area contributed by atoms with Crippen molar-refractivity contribution in [3.05, 3.63) is 0 Å². The van der Waals surface area contributed by atoms with Crippen molar-refractivity contribution < 1.29 is 24.3 Å². The van der Waals surface area contributed by atoms with Gasteiger partial charge in [-0.25, -0.2) is 4.79 Å². The van der Waals surface area contributed by atoms with Crippen LogP contribution >= 0.6 is 12.6 Å². The third kappa shape index (κ3) is 9.49. The predicted molar refractivity (Wildman–Crippen MR) is 114 cm³/mol. The fourth-order valence-corrected chi connectivity index (χ4v) is 2.78. The lowest BCUT2D eigenvalue weighted by Gasteiger charge is -2.28. The van der Waals surface area contributed by atoms with Gasteiger partial charge in [-0.3, -0.25) is 14.4 Å². The van der Waals surface area contributed by atoms with Gasteiger partial charge < -0.3 is 26.8 Å². The summed E-state index contributed by atoms with van der Waals surface area (Å²) < 4.78 is 0. The number of nitrogens with one attached hydrogen (secondary N) is 3. The summed E-state index contributed by atoms with van der Waals surface area (Å²) in [5.74, 6) is -3.15. The predicted octanol–water partition coefficient (Wildman–Crippen LogP) is 0.141. The molecule has 29 heavy (non-hydrogen) atoms. The van der Waals surface area contributed by atoms with Gasteiger partial charge >= 0.3 is 5.97 Å². The van der Waals surface area contributed by atoms with Crippen molar-refractivity contribution >= 4 is 36.3 Å². The Balaban J connectivity index is 5.38. The molecule has 9 nitrogen and oxygen atoms in total. The van der Waals surface area contributed by atoms with E-state index in [1.807, 2.05) is 13.8 Å². The van der Waals surface area contributed by atoms with Crippen molar-refractivity contribution in [2.24, 2.45) is 23.5 Å². The second-order valence-electron chi connectivity index (χ2n) is 8.28. The van der Waals surface area contributed by atoms with Gasteiger partial charge in [0.15, 0.2) is 0 Å². The molecule has 6 N–H and O–H groups in total. The summed E-state index contributed by atoms with van der Waals surface area (Å²) in [4.78, 5) is 48.9. The first kappa shape index (κ1) is 27.2. The topological polar surface area (TPSA) is 151 Å². The summed E-state index contributed by atoms with van der Waals surface area (Å²) >= 11 is 3.99. The first-order valence-corrected chi connectivity index (χ1v) is 10.4. The number of nitrogens with two attached hydrogens (primary N) is 1. The number of hydrogen-bond acceptors (Lipinski definition) is 6. The van der Waals surface area contributed by atoms with Crippen LogP contribution in [0.5, 0.6) is 0 Å². The van der Waals surface area contributed by atoms with E-state index in [0.29, 0.717) is 6.42 Å². The molecular weight excluding hydrogens is 396 g/mol. The Morgan fingerprint density at radius 3 is 1.69 bits per heavy atom. The van der Waals surface area contributed by atoms with Crippen molar-refractivity contribution in [3.8, 4) is 0 Å². The zero-order valence-corrected chi connectivity index (χ0v) is 19.0. The minimum absolute atomic E-state index is 0.0990. The molecule has 0 bridgehead atoms. The molecule has 0 aromatic carbocycles. The van der Waals surface area contributed by atoms with Gasteiger partial charge in [-0.2, -0.15) is 12.6 Å². The fraction of sp³-hybridized carbons (Fsp3) is 0.789. The highest BCUT2D eigenvalue weighted by Crippen LogP contribution is 2.10. The maximum atomic E-state index is 12.8. The maximum absolute atomic E-state index is 12.8. The third-order valence-corrected chi connectivity index (χ3v) is 4.74. The van der Waals surface area contributed by atoms with Crippen LogP contribution in [0.1, 0.15) is 48.0 Å². The van der Waals surface area contributed by atoms with Crippen LogP contribution < -0.4 is 21.7 Å². The largest absolute Gasteiger partial charge is 0.480 e. The van der Waals surface area contributed by atoms with Crippen LogP contribution in [0, 0.1) is 17.8 Å². The van der Waals surface area contributed by atoms with Crippen molar-refractivity contribution in [2.75, 3.05) is 5.75 Å². The summed E-state index contributed by atoms with van der Waals surface area (Å²) in [7, 11) is 0. The highest BCUT2D eigenvalue weighted by Gasteiger charge is 2.32. The molecule has 0 heterocycles. The molecule has 0 aliphatic heterocycles. The lowest BCUT2D eigenvalue weighted by atomic mass is 9.98. The first-order chi connectivity index (χ1) is 13.3. The molecule has 3 amide bonds. The number of carbonyl (C=O) groups excluding carboxylic acids is 3. The molecule has 10 heteroatoms. The van der Waals surface area contributed by atoms with Crippen LogP contribution in [0.25, 0.3) is 0 Å². The van der Waals surface area contributed by atoms with E-state index in [-0.39, 0.29) is 23.5 Å². The number of carboxylic acids is 1. The Bertz CT molecular complexity index is 583. The molecule has 0 unspecified atom stereocenters. The molecule has 0 saturated heterocycles. The molecule has 0 aromatic rings. The van der Waals surface area contributed by atoms with Gasteiger partial charge in [0.2, 0.25) is 17.7 Å². The van der Waals surface area contributed by atoms with Crippen molar-refractivity contribution in [2.45, 2.75) is 72.1 Å². The highest BCUT2D eigenvalue weighted by atomic mass is 32.1. The van der Waals surface area contributed by atoms with Gasteiger partial charge in [-0.1, -0.05) is 41.5 Å². The number of amides is 3. The highest BCUT2D eigenvalue weighted by molar-refractivity contribution is 7.80. The molecule has 0 aromatic heterocycles. The molecule has 0 saturated carbocycles. The fourth-order valence-electron chi connectivity index (χ4n) is 2.61. The molecule has 4 atom stereocenters.